The molecule has 1 saturated carbocycles. The van der Waals surface area contributed by atoms with Crippen LogP contribution in [0.2, 0.25) is 0 Å². The summed E-state index contributed by atoms with van der Waals surface area (Å²) in [5.41, 5.74) is 2.65. The maximum atomic E-state index is 11.2. The summed E-state index contributed by atoms with van der Waals surface area (Å²) in [6.07, 6.45) is 6.20. The second kappa shape index (κ2) is 5.18. The smallest absolute Gasteiger partial charge is 0.229 e. The zero-order valence-electron chi connectivity index (χ0n) is 10.9. The van der Waals surface area contributed by atoms with E-state index in [0.717, 1.165) is 17.5 Å². The number of benzene rings is 1. The van der Waals surface area contributed by atoms with Crippen molar-refractivity contribution in [2.75, 3.05) is 16.3 Å². The number of hydrogen-bond acceptors (Lipinski definition) is 3. The Morgan fingerprint density at radius 1 is 1.22 bits per heavy atom. The van der Waals surface area contributed by atoms with Crippen LogP contribution >= 0.6 is 0 Å². The minimum absolute atomic E-state index is 0.568. The van der Waals surface area contributed by atoms with Gasteiger partial charge in [0.25, 0.3) is 0 Å². The molecule has 0 amide bonds. The summed E-state index contributed by atoms with van der Waals surface area (Å²) in [6.45, 7) is 1.91. The first-order valence-corrected chi connectivity index (χ1v) is 8.18. The molecule has 1 fully saturated rings. The summed E-state index contributed by atoms with van der Waals surface area (Å²) in [4.78, 5) is 0. The summed E-state index contributed by atoms with van der Waals surface area (Å²) in [6, 6.07) is 6.30. The zero-order valence-corrected chi connectivity index (χ0v) is 11.7. The van der Waals surface area contributed by atoms with Gasteiger partial charge in [0.15, 0.2) is 0 Å². The molecule has 0 unspecified atom stereocenters. The average molecular weight is 268 g/mol. The Morgan fingerprint density at radius 3 is 2.44 bits per heavy atom. The van der Waals surface area contributed by atoms with Gasteiger partial charge < -0.3 is 5.32 Å². The molecule has 5 heteroatoms. The lowest BCUT2D eigenvalue weighted by Gasteiger charge is -2.15. The predicted molar refractivity (Wildman–Crippen MR) is 75.5 cm³/mol. The van der Waals surface area contributed by atoms with Gasteiger partial charge in [-0.05, 0) is 43.5 Å². The molecule has 18 heavy (non-hydrogen) atoms. The second-order valence-corrected chi connectivity index (χ2v) is 6.78. The SMILES string of the molecule is Cc1cc(NC2CCCC2)ccc1NS(C)(=O)=O. The predicted octanol–water partition coefficient (Wildman–Crippen LogP) is 2.72. The van der Waals surface area contributed by atoms with Crippen molar-refractivity contribution in [1.82, 2.24) is 0 Å². The Bertz CT molecular complexity index is 520. The van der Waals surface area contributed by atoms with Gasteiger partial charge in [0, 0.05) is 11.7 Å². The maximum absolute atomic E-state index is 11.2. The number of hydrogen-bond donors (Lipinski definition) is 2. The van der Waals surface area contributed by atoms with Crippen molar-refractivity contribution in [2.45, 2.75) is 38.6 Å². The van der Waals surface area contributed by atoms with Crippen LogP contribution in [0.1, 0.15) is 31.2 Å². The van der Waals surface area contributed by atoms with E-state index in [-0.39, 0.29) is 0 Å². The van der Waals surface area contributed by atoms with Gasteiger partial charge >= 0.3 is 0 Å². The largest absolute Gasteiger partial charge is 0.382 e. The van der Waals surface area contributed by atoms with E-state index in [0.29, 0.717) is 11.7 Å². The van der Waals surface area contributed by atoms with Crippen LogP contribution in [0, 0.1) is 6.92 Å². The molecule has 1 aliphatic carbocycles. The lowest BCUT2D eigenvalue weighted by Crippen LogP contribution is -2.15. The first-order chi connectivity index (χ1) is 8.44. The molecular weight excluding hydrogens is 248 g/mol. The highest BCUT2D eigenvalue weighted by atomic mass is 32.2. The molecule has 1 aromatic rings. The lowest BCUT2D eigenvalue weighted by atomic mass is 10.1. The van der Waals surface area contributed by atoms with Gasteiger partial charge in [-0.2, -0.15) is 0 Å². The minimum Gasteiger partial charge on any atom is -0.382 e. The molecule has 0 radical (unpaired) electrons. The van der Waals surface area contributed by atoms with E-state index in [9.17, 15) is 8.42 Å². The third kappa shape index (κ3) is 3.63. The van der Waals surface area contributed by atoms with E-state index >= 15 is 0 Å². The summed E-state index contributed by atoms with van der Waals surface area (Å²) in [7, 11) is -3.21. The second-order valence-electron chi connectivity index (χ2n) is 5.03. The molecule has 0 saturated heterocycles. The first kappa shape index (κ1) is 13.2. The summed E-state index contributed by atoms with van der Waals surface area (Å²) in [5.74, 6) is 0. The Morgan fingerprint density at radius 2 is 1.89 bits per heavy atom. The number of nitrogens with one attached hydrogen (secondary N) is 2. The van der Waals surface area contributed by atoms with Crippen molar-refractivity contribution in [3.63, 3.8) is 0 Å². The van der Waals surface area contributed by atoms with Gasteiger partial charge in [-0.3, -0.25) is 4.72 Å². The van der Waals surface area contributed by atoms with E-state index in [1.165, 1.54) is 25.7 Å². The van der Waals surface area contributed by atoms with Crippen LogP contribution in [0.4, 0.5) is 11.4 Å². The van der Waals surface area contributed by atoms with Crippen molar-refractivity contribution in [2.24, 2.45) is 0 Å². The molecule has 0 heterocycles. The third-order valence-corrected chi connectivity index (χ3v) is 3.84. The highest BCUT2D eigenvalue weighted by Crippen LogP contribution is 2.25. The number of aryl methyl sites for hydroxylation is 1. The summed E-state index contributed by atoms with van der Waals surface area (Å²) < 4.78 is 24.9. The van der Waals surface area contributed by atoms with Crippen molar-refractivity contribution >= 4 is 21.4 Å². The Hall–Kier alpha value is -1.23. The van der Waals surface area contributed by atoms with Crippen LogP contribution in [0.3, 0.4) is 0 Å². The van der Waals surface area contributed by atoms with Gasteiger partial charge in [0.05, 0.1) is 11.9 Å². The molecule has 2 N–H and O–H groups in total. The van der Waals surface area contributed by atoms with E-state index in [1.54, 1.807) is 0 Å². The molecule has 0 atom stereocenters. The number of sulfonamides is 1. The quantitative estimate of drug-likeness (QED) is 0.882. The minimum atomic E-state index is -3.21. The fraction of sp³-hybridized carbons (Fsp3) is 0.538. The molecule has 0 spiro atoms. The third-order valence-electron chi connectivity index (χ3n) is 3.25. The fourth-order valence-corrected chi connectivity index (χ4v) is 3.00. The number of rotatable bonds is 4. The topological polar surface area (TPSA) is 58.2 Å². The first-order valence-electron chi connectivity index (χ1n) is 6.29. The van der Waals surface area contributed by atoms with E-state index in [1.807, 2.05) is 25.1 Å². The van der Waals surface area contributed by atoms with Crippen LogP contribution in [0.5, 0.6) is 0 Å². The molecule has 2 rings (SSSR count). The van der Waals surface area contributed by atoms with Crippen LogP contribution in [0.15, 0.2) is 18.2 Å². The molecule has 0 bridgehead atoms. The monoisotopic (exact) mass is 268 g/mol. The number of anilines is 2. The van der Waals surface area contributed by atoms with Gasteiger partial charge in [-0.25, -0.2) is 8.42 Å². The molecule has 1 aliphatic rings. The van der Waals surface area contributed by atoms with Gasteiger partial charge in [0.2, 0.25) is 10.0 Å². The molecule has 1 aromatic carbocycles. The van der Waals surface area contributed by atoms with Gasteiger partial charge in [0.1, 0.15) is 0 Å². The summed E-state index contributed by atoms with van der Waals surface area (Å²) in [5, 5.41) is 3.49. The Balaban J connectivity index is 2.09. The van der Waals surface area contributed by atoms with Gasteiger partial charge in [-0.15, -0.1) is 0 Å². The zero-order chi connectivity index (χ0) is 13.2. The van der Waals surface area contributed by atoms with Crippen LogP contribution in [-0.2, 0) is 10.0 Å². The Kier molecular flexibility index (Phi) is 3.80. The van der Waals surface area contributed by atoms with Crippen molar-refractivity contribution in [3.05, 3.63) is 23.8 Å². The van der Waals surface area contributed by atoms with E-state index in [4.69, 9.17) is 0 Å². The van der Waals surface area contributed by atoms with Crippen molar-refractivity contribution in [1.29, 1.82) is 0 Å². The molecular formula is C13H20N2O2S. The van der Waals surface area contributed by atoms with Crippen LogP contribution in [-0.4, -0.2) is 20.7 Å². The Labute approximate surface area is 109 Å². The summed E-state index contributed by atoms with van der Waals surface area (Å²) >= 11 is 0. The molecule has 4 nitrogen and oxygen atoms in total. The van der Waals surface area contributed by atoms with Gasteiger partial charge in [-0.1, -0.05) is 12.8 Å². The highest BCUT2D eigenvalue weighted by molar-refractivity contribution is 7.92. The van der Waals surface area contributed by atoms with Crippen molar-refractivity contribution < 1.29 is 8.42 Å². The lowest BCUT2D eigenvalue weighted by molar-refractivity contribution is 0.607. The van der Waals surface area contributed by atoms with E-state index < -0.39 is 10.0 Å². The van der Waals surface area contributed by atoms with Crippen LogP contribution in [0.25, 0.3) is 0 Å². The molecule has 0 aliphatic heterocycles. The van der Waals surface area contributed by atoms with E-state index in [2.05, 4.69) is 10.0 Å². The molecule has 0 aromatic heterocycles. The fourth-order valence-electron chi connectivity index (χ4n) is 2.37. The maximum Gasteiger partial charge on any atom is 0.229 e. The standard InChI is InChI=1S/C13H20N2O2S/c1-10-9-12(14-11-5-3-4-6-11)7-8-13(10)15-18(2,16)17/h7-9,11,14-15H,3-6H2,1-2H3. The normalized spacial score (nSPS) is 16.8. The van der Waals surface area contributed by atoms with Crippen molar-refractivity contribution in [3.8, 4) is 0 Å². The molecule has 100 valence electrons. The average Bonchev–Trinajstić information content (AvgIpc) is 2.73. The van der Waals surface area contributed by atoms with Crippen LogP contribution < -0.4 is 10.0 Å². The highest BCUT2D eigenvalue weighted by Gasteiger charge is 2.14.